The summed E-state index contributed by atoms with van der Waals surface area (Å²) < 4.78 is 18.4. The molecule has 39 heavy (non-hydrogen) atoms. The summed E-state index contributed by atoms with van der Waals surface area (Å²) >= 11 is 0. The van der Waals surface area contributed by atoms with E-state index in [9.17, 15) is 9.59 Å². The second-order valence-corrected chi connectivity index (χ2v) is 11.1. The van der Waals surface area contributed by atoms with Gasteiger partial charge in [-0.1, -0.05) is 17.3 Å². The second kappa shape index (κ2) is 10.5. The van der Waals surface area contributed by atoms with Gasteiger partial charge in [0, 0.05) is 25.1 Å². The molecule has 4 aromatic rings. The van der Waals surface area contributed by atoms with Crippen molar-refractivity contribution < 1.29 is 18.8 Å². The lowest BCUT2D eigenvalue weighted by atomic mass is 9.93. The fraction of sp³-hybridized carbons (Fsp3) is 0.464. The molecule has 0 aliphatic carbocycles. The molecule has 1 aromatic carbocycles. The van der Waals surface area contributed by atoms with Gasteiger partial charge < -0.3 is 23.9 Å². The molecule has 0 unspecified atom stereocenters. The molecule has 1 N–H and O–H groups in total. The number of carbonyl (C=O) groups excluding carboxylic acids is 1. The van der Waals surface area contributed by atoms with Crippen LogP contribution in [0.15, 0.2) is 45.8 Å². The highest BCUT2D eigenvalue weighted by atomic mass is 16.6. The smallest absolute Gasteiger partial charge is 0.410 e. The van der Waals surface area contributed by atoms with E-state index in [1.807, 2.05) is 58.9 Å². The Kier molecular flexibility index (Phi) is 7.16. The van der Waals surface area contributed by atoms with Gasteiger partial charge in [0.15, 0.2) is 0 Å². The SMILES string of the molecule is CC(C)Oc1ccc(Cc2nc(-c3cnn4c(C5CCN(C(=O)OC(C)(C)C)CC5)cc(=O)[nH]c34)no2)cc1. The van der Waals surface area contributed by atoms with Gasteiger partial charge in [-0.15, -0.1) is 0 Å². The number of amides is 1. The number of carbonyl (C=O) groups is 1. The number of likely N-dealkylation sites (tertiary alicyclic amines) is 1. The van der Waals surface area contributed by atoms with Crippen LogP contribution in [-0.4, -0.2) is 60.5 Å². The molecule has 11 nitrogen and oxygen atoms in total. The van der Waals surface area contributed by atoms with Crippen molar-refractivity contribution in [1.29, 1.82) is 0 Å². The Bertz CT molecular complexity index is 1500. The van der Waals surface area contributed by atoms with Crippen molar-refractivity contribution in [2.24, 2.45) is 0 Å². The van der Waals surface area contributed by atoms with Crippen LogP contribution >= 0.6 is 0 Å². The molecular weight excluding hydrogens is 500 g/mol. The molecule has 3 aromatic heterocycles. The van der Waals surface area contributed by atoms with Gasteiger partial charge in [-0.2, -0.15) is 10.1 Å². The van der Waals surface area contributed by atoms with Crippen LogP contribution in [0.25, 0.3) is 17.0 Å². The first-order chi connectivity index (χ1) is 18.6. The van der Waals surface area contributed by atoms with Crippen LogP contribution in [0.3, 0.4) is 0 Å². The second-order valence-electron chi connectivity index (χ2n) is 11.1. The first-order valence-corrected chi connectivity index (χ1v) is 13.2. The standard InChI is InChI=1S/C28H34N6O5/c1-17(2)37-20-8-6-18(7-9-20)14-24-31-25(32-39-24)21-16-29-34-22(15-23(35)30-26(21)34)19-10-12-33(13-11-19)27(36)38-28(3,4)5/h6-9,15-17,19H,10-14H2,1-5H3,(H,30,35). The average Bonchev–Trinajstić information content (AvgIpc) is 3.50. The monoisotopic (exact) mass is 534 g/mol. The lowest BCUT2D eigenvalue weighted by molar-refractivity contribution is 0.0203. The van der Waals surface area contributed by atoms with Gasteiger partial charge in [0.25, 0.3) is 5.56 Å². The fourth-order valence-corrected chi connectivity index (χ4v) is 4.72. The Hall–Kier alpha value is -4.15. The number of H-pyrrole nitrogens is 1. The zero-order valence-corrected chi connectivity index (χ0v) is 22.9. The molecule has 1 fully saturated rings. The van der Waals surface area contributed by atoms with E-state index in [1.165, 1.54) is 0 Å². The molecule has 0 saturated carbocycles. The van der Waals surface area contributed by atoms with E-state index in [1.54, 1.807) is 21.7 Å². The van der Waals surface area contributed by atoms with Crippen LogP contribution in [-0.2, 0) is 11.2 Å². The molecule has 0 atom stereocenters. The molecule has 1 aliphatic heterocycles. The van der Waals surface area contributed by atoms with Crippen molar-refractivity contribution in [1.82, 2.24) is 29.6 Å². The maximum atomic E-state index is 12.6. The van der Waals surface area contributed by atoms with Gasteiger partial charge in [0.1, 0.15) is 17.0 Å². The molecule has 1 saturated heterocycles. The summed E-state index contributed by atoms with van der Waals surface area (Å²) in [6, 6.07) is 9.35. The van der Waals surface area contributed by atoms with E-state index in [4.69, 9.17) is 14.0 Å². The average molecular weight is 535 g/mol. The lowest BCUT2D eigenvalue weighted by Gasteiger charge is -2.33. The minimum Gasteiger partial charge on any atom is -0.491 e. The molecular formula is C28H34N6O5. The van der Waals surface area contributed by atoms with Crippen LogP contribution in [0.1, 0.15) is 70.5 Å². The largest absolute Gasteiger partial charge is 0.491 e. The molecule has 206 valence electrons. The number of nitrogens with zero attached hydrogens (tertiary/aromatic N) is 5. The van der Waals surface area contributed by atoms with Gasteiger partial charge in [0.05, 0.1) is 30.0 Å². The zero-order valence-electron chi connectivity index (χ0n) is 22.9. The number of piperidine rings is 1. The summed E-state index contributed by atoms with van der Waals surface area (Å²) in [5, 5.41) is 8.69. The third kappa shape index (κ3) is 6.13. The Morgan fingerprint density at radius 2 is 1.90 bits per heavy atom. The number of hydrogen-bond acceptors (Lipinski definition) is 8. The first kappa shape index (κ1) is 26.5. The number of aromatic amines is 1. The zero-order chi connectivity index (χ0) is 27.7. The number of ether oxygens (including phenoxy) is 2. The normalized spacial score (nSPS) is 14.8. The van der Waals surface area contributed by atoms with Gasteiger partial charge in [0.2, 0.25) is 11.7 Å². The van der Waals surface area contributed by atoms with E-state index in [2.05, 4.69) is 20.2 Å². The van der Waals surface area contributed by atoms with Crippen molar-refractivity contribution in [2.75, 3.05) is 13.1 Å². The predicted molar refractivity (Wildman–Crippen MR) is 144 cm³/mol. The fourth-order valence-electron chi connectivity index (χ4n) is 4.72. The van der Waals surface area contributed by atoms with E-state index < -0.39 is 5.60 Å². The molecule has 4 heterocycles. The summed E-state index contributed by atoms with van der Waals surface area (Å²) in [5.41, 5.74) is 2.11. The Morgan fingerprint density at radius 3 is 2.56 bits per heavy atom. The highest BCUT2D eigenvalue weighted by Crippen LogP contribution is 2.30. The minimum atomic E-state index is -0.541. The highest BCUT2D eigenvalue weighted by Gasteiger charge is 2.29. The van der Waals surface area contributed by atoms with E-state index in [0.717, 1.165) is 17.0 Å². The van der Waals surface area contributed by atoms with Crippen LogP contribution < -0.4 is 10.3 Å². The van der Waals surface area contributed by atoms with Crippen molar-refractivity contribution in [3.8, 4) is 17.1 Å². The molecule has 0 spiro atoms. The summed E-state index contributed by atoms with van der Waals surface area (Å²) in [6.45, 7) is 10.6. The molecule has 0 radical (unpaired) electrons. The Balaban J connectivity index is 1.32. The molecule has 1 amide bonds. The predicted octanol–water partition coefficient (Wildman–Crippen LogP) is 4.57. The van der Waals surface area contributed by atoms with Crippen molar-refractivity contribution in [2.45, 2.75) is 71.5 Å². The van der Waals surface area contributed by atoms with Crippen LogP contribution in [0.2, 0.25) is 0 Å². The number of fused-ring (bicyclic) bond motifs is 1. The summed E-state index contributed by atoms with van der Waals surface area (Å²) in [5.74, 6) is 1.67. The molecule has 1 aliphatic rings. The van der Waals surface area contributed by atoms with E-state index in [0.29, 0.717) is 55.3 Å². The van der Waals surface area contributed by atoms with Crippen molar-refractivity contribution in [3.63, 3.8) is 0 Å². The van der Waals surface area contributed by atoms with E-state index >= 15 is 0 Å². The van der Waals surface area contributed by atoms with Crippen LogP contribution in [0.5, 0.6) is 5.75 Å². The van der Waals surface area contributed by atoms with Crippen LogP contribution in [0.4, 0.5) is 4.79 Å². The molecule has 5 rings (SSSR count). The number of benzene rings is 1. The number of nitrogens with one attached hydrogen (secondary N) is 1. The highest BCUT2D eigenvalue weighted by molar-refractivity contribution is 5.72. The maximum Gasteiger partial charge on any atom is 0.410 e. The quantitative estimate of drug-likeness (QED) is 0.381. The number of rotatable bonds is 6. The van der Waals surface area contributed by atoms with Gasteiger partial charge >= 0.3 is 6.09 Å². The Labute approximate surface area is 226 Å². The molecule has 0 bridgehead atoms. The third-order valence-corrected chi connectivity index (χ3v) is 6.46. The van der Waals surface area contributed by atoms with Crippen molar-refractivity contribution >= 4 is 11.7 Å². The number of aromatic nitrogens is 5. The summed E-state index contributed by atoms with van der Waals surface area (Å²) in [7, 11) is 0. The molecule has 11 heteroatoms. The maximum absolute atomic E-state index is 12.6. The third-order valence-electron chi connectivity index (χ3n) is 6.46. The van der Waals surface area contributed by atoms with Gasteiger partial charge in [-0.3, -0.25) is 4.79 Å². The topological polar surface area (TPSA) is 128 Å². The van der Waals surface area contributed by atoms with Gasteiger partial charge in [-0.05, 0) is 65.2 Å². The first-order valence-electron chi connectivity index (χ1n) is 13.2. The van der Waals surface area contributed by atoms with Gasteiger partial charge in [-0.25, -0.2) is 9.31 Å². The summed E-state index contributed by atoms with van der Waals surface area (Å²) in [6.07, 6.45) is 3.28. The summed E-state index contributed by atoms with van der Waals surface area (Å²) in [4.78, 5) is 34.2. The van der Waals surface area contributed by atoms with Crippen LogP contribution in [0, 0.1) is 0 Å². The Morgan fingerprint density at radius 1 is 1.18 bits per heavy atom. The lowest BCUT2D eigenvalue weighted by Crippen LogP contribution is -2.41. The minimum absolute atomic E-state index is 0.0599. The van der Waals surface area contributed by atoms with Crippen molar-refractivity contribution in [3.05, 3.63) is 64.0 Å². The number of hydrogen-bond donors (Lipinski definition) is 1. The van der Waals surface area contributed by atoms with E-state index in [-0.39, 0.29) is 23.7 Å².